The first-order chi connectivity index (χ1) is 26.4. The highest BCUT2D eigenvalue weighted by molar-refractivity contribution is 7.13. The third-order valence-corrected chi connectivity index (χ3v) is 11.8. The number of allylic oxidation sites excluding steroid dienone is 1. The maximum absolute atomic E-state index is 14.8. The minimum absolute atomic E-state index is 0.00615. The molecule has 6 rings (SSSR count). The monoisotopic (exact) mass is 786 g/mol. The van der Waals surface area contributed by atoms with E-state index in [2.05, 4.69) is 31.1 Å². The SMILES string of the molecule is C=C1CCCCC=CC2CC2(C(N)=O)NC(=O)C2C(C)C(Oc3cc(-c4nc(C(C)C)cs4)nc4c(C)c(OC)ccc34)CN2C(=O)C1NC(=O)OC(C)(C)C. The molecule has 6 atom stereocenters. The second-order valence-electron chi connectivity index (χ2n) is 16.5. The molecule has 2 aliphatic heterocycles. The van der Waals surface area contributed by atoms with Gasteiger partial charge in [-0.2, -0.15) is 0 Å². The molecule has 1 aliphatic carbocycles. The number of methoxy groups -OCH3 is 1. The van der Waals surface area contributed by atoms with E-state index in [1.54, 1.807) is 27.9 Å². The molecular weight excluding hydrogens is 733 g/mol. The number of nitrogens with two attached hydrogens (primary N) is 1. The molecule has 56 heavy (non-hydrogen) atoms. The van der Waals surface area contributed by atoms with Crippen LogP contribution in [0, 0.1) is 18.8 Å². The first-order valence-corrected chi connectivity index (χ1v) is 20.2. The van der Waals surface area contributed by atoms with Crippen LogP contribution in [0.25, 0.3) is 21.6 Å². The molecule has 14 heteroatoms. The molecule has 0 spiro atoms. The number of carbonyl (C=O) groups excluding carboxylic acids is 4. The summed E-state index contributed by atoms with van der Waals surface area (Å²) in [5.74, 6) is -1.15. The molecule has 2 fully saturated rings. The normalized spacial score (nSPS) is 25.8. The van der Waals surface area contributed by atoms with Crippen molar-refractivity contribution in [2.24, 2.45) is 17.6 Å². The molecule has 1 aromatic carbocycles. The van der Waals surface area contributed by atoms with Gasteiger partial charge in [-0.05, 0) is 83.4 Å². The van der Waals surface area contributed by atoms with E-state index in [9.17, 15) is 19.2 Å². The van der Waals surface area contributed by atoms with Crippen LogP contribution in [0.5, 0.6) is 11.5 Å². The minimum Gasteiger partial charge on any atom is -0.496 e. The summed E-state index contributed by atoms with van der Waals surface area (Å²) in [7, 11) is 1.61. The molecule has 1 saturated heterocycles. The molecule has 0 radical (unpaired) electrons. The lowest BCUT2D eigenvalue weighted by molar-refractivity contribution is -0.141. The van der Waals surface area contributed by atoms with Crippen molar-refractivity contribution >= 4 is 46.1 Å². The summed E-state index contributed by atoms with van der Waals surface area (Å²) in [6.45, 7) is 17.4. The number of benzene rings is 1. The molecule has 4 amide bonds. The molecule has 6 unspecified atom stereocenters. The standard InChI is InChI=1S/C42H54N6O7S/c1-22(2)29-21-56-37(45-29)28-18-31(27-16-17-30(53-9)24(4)34(27)44-28)54-32-20-48-35(25(32)5)36(49)47-42(39(43)51)19-26(42)15-13-11-10-12-14-23(3)33(38(48)50)46-40(52)55-41(6,7)8/h13,15-18,21-22,25-26,32-33,35H,3,10-12,14,19-20H2,1-2,4-9H3,(H2,43,51)(H,46,52)(H,47,49). The number of fused-ring (bicyclic) bond motifs is 3. The van der Waals surface area contributed by atoms with Gasteiger partial charge in [-0.15, -0.1) is 11.3 Å². The van der Waals surface area contributed by atoms with E-state index in [-0.39, 0.29) is 18.4 Å². The van der Waals surface area contributed by atoms with Crippen LogP contribution >= 0.6 is 11.3 Å². The Balaban J connectivity index is 1.42. The molecular formula is C42H54N6O7S. The lowest BCUT2D eigenvalue weighted by Gasteiger charge is -2.32. The summed E-state index contributed by atoms with van der Waals surface area (Å²) in [5, 5.41) is 9.18. The first kappa shape index (κ1) is 40.7. The van der Waals surface area contributed by atoms with Gasteiger partial charge in [-0.1, -0.05) is 39.5 Å². The molecule has 3 aromatic rings. The number of alkyl carbamates (subject to hydrolysis) is 1. The smallest absolute Gasteiger partial charge is 0.408 e. The molecule has 4 N–H and O–H groups in total. The first-order valence-electron chi connectivity index (χ1n) is 19.3. The molecule has 13 nitrogen and oxygen atoms in total. The van der Waals surface area contributed by atoms with E-state index in [1.165, 1.54) is 16.2 Å². The zero-order valence-electron chi connectivity index (χ0n) is 33.6. The number of hydrogen-bond acceptors (Lipinski definition) is 10. The number of aryl methyl sites for hydroxylation is 1. The van der Waals surface area contributed by atoms with E-state index in [1.807, 2.05) is 49.6 Å². The minimum atomic E-state index is -1.27. The van der Waals surface area contributed by atoms with Gasteiger partial charge >= 0.3 is 6.09 Å². The van der Waals surface area contributed by atoms with Gasteiger partial charge in [0.15, 0.2) is 0 Å². The van der Waals surface area contributed by atoms with Crippen molar-refractivity contribution < 1.29 is 33.4 Å². The van der Waals surface area contributed by atoms with Crippen LogP contribution in [0.3, 0.4) is 0 Å². The van der Waals surface area contributed by atoms with Crippen molar-refractivity contribution in [1.82, 2.24) is 25.5 Å². The van der Waals surface area contributed by atoms with Crippen LogP contribution in [0.4, 0.5) is 4.79 Å². The van der Waals surface area contributed by atoms with E-state index >= 15 is 0 Å². The Kier molecular flexibility index (Phi) is 11.5. The van der Waals surface area contributed by atoms with E-state index in [0.29, 0.717) is 47.5 Å². The number of amides is 4. The van der Waals surface area contributed by atoms with Crippen LogP contribution in [-0.2, 0) is 19.1 Å². The van der Waals surface area contributed by atoms with Gasteiger partial charge in [0.25, 0.3) is 0 Å². The Morgan fingerprint density at radius 1 is 1.16 bits per heavy atom. The van der Waals surface area contributed by atoms with E-state index in [4.69, 9.17) is 29.9 Å². The fraction of sp³-hybridized carbons (Fsp3) is 0.524. The maximum Gasteiger partial charge on any atom is 0.408 e. The summed E-state index contributed by atoms with van der Waals surface area (Å²) in [4.78, 5) is 66.7. The van der Waals surface area contributed by atoms with Gasteiger partial charge in [0.2, 0.25) is 17.7 Å². The Morgan fingerprint density at radius 2 is 1.91 bits per heavy atom. The summed E-state index contributed by atoms with van der Waals surface area (Å²) in [6, 6.07) is 3.31. The number of ether oxygens (including phenoxy) is 3. The van der Waals surface area contributed by atoms with Gasteiger partial charge < -0.3 is 35.5 Å². The number of primary amides is 1. The van der Waals surface area contributed by atoms with Gasteiger partial charge in [0, 0.05) is 34.2 Å². The zero-order chi connectivity index (χ0) is 40.7. The lowest BCUT2D eigenvalue weighted by Crippen LogP contribution is -2.58. The third kappa shape index (κ3) is 8.25. The number of hydrogen-bond donors (Lipinski definition) is 3. The van der Waals surface area contributed by atoms with Crippen molar-refractivity contribution in [3.63, 3.8) is 0 Å². The molecule has 0 bridgehead atoms. The fourth-order valence-electron chi connectivity index (χ4n) is 7.60. The number of pyridine rings is 1. The van der Waals surface area contributed by atoms with Crippen molar-refractivity contribution in [1.29, 1.82) is 0 Å². The summed E-state index contributed by atoms with van der Waals surface area (Å²) >= 11 is 1.49. The van der Waals surface area contributed by atoms with Gasteiger partial charge in [0.05, 0.1) is 24.9 Å². The Morgan fingerprint density at radius 3 is 2.57 bits per heavy atom. The highest BCUT2D eigenvalue weighted by Gasteiger charge is 2.61. The average Bonchev–Trinajstić information content (AvgIpc) is 3.43. The van der Waals surface area contributed by atoms with Crippen LogP contribution < -0.4 is 25.8 Å². The number of carbonyl (C=O) groups is 4. The highest BCUT2D eigenvalue weighted by atomic mass is 32.1. The topological polar surface area (TPSA) is 175 Å². The third-order valence-electron chi connectivity index (χ3n) is 10.9. The Labute approximate surface area is 332 Å². The van der Waals surface area contributed by atoms with Crippen LogP contribution in [0.1, 0.15) is 90.8 Å². The van der Waals surface area contributed by atoms with E-state index in [0.717, 1.165) is 34.5 Å². The predicted octanol–water partition coefficient (Wildman–Crippen LogP) is 6.33. The number of aromatic nitrogens is 2. The Hall–Kier alpha value is -4.98. The quantitative estimate of drug-likeness (QED) is 0.231. The van der Waals surface area contributed by atoms with Gasteiger partial charge in [-0.25, -0.2) is 14.8 Å². The Bertz CT molecular complexity index is 2070. The summed E-state index contributed by atoms with van der Waals surface area (Å²) in [6.07, 6.45) is 5.50. The lowest BCUT2D eigenvalue weighted by atomic mass is 9.97. The predicted molar refractivity (Wildman–Crippen MR) is 215 cm³/mol. The van der Waals surface area contributed by atoms with Crippen LogP contribution in [0.2, 0.25) is 0 Å². The van der Waals surface area contributed by atoms with Crippen molar-refractivity contribution in [2.45, 2.75) is 116 Å². The largest absolute Gasteiger partial charge is 0.496 e. The second kappa shape index (κ2) is 15.9. The summed E-state index contributed by atoms with van der Waals surface area (Å²) < 4.78 is 18.1. The van der Waals surface area contributed by atoms with Crippen LogP contribution in [-0.4, -0.2) is 81.7 Å². The zero-order valence-corrected chi connectivity index (χ0v) is 34.4. The molecule has 4 heterocycles. The van der Waals surface area contributed by atoms with E-state index < -0.39 is 59.1 Å². The number of thiazole rings is 1. The van der Waals surface area contributed by atoms with Crippen molar-refractivity contribution in [3.8, 4) is 22.2 Å². The molecule has 1 saturated carbocycles. The number of rotatable bonds is 7. The maximum atomic E-state index is 14.8. The highest BCUT2D eigenvalue weighted by Crippen LogP contribution is 2.46. The van der Waals surface area contributed by atoms with Crippen molar-refractivity contribution in [3.05, 3.63) is 59.1 Å². The number of nitrogens with zero attached hydrogens (tertiary/aromatic N) is 3. The van der Waals surface area contributed by atoms with Gasteiger partial charge in [0.1, 0.15) is 51.5 Å². The van der Waals surface area contributed by atoms with Crippen molar-refractivity contribution in [2.75, 3.05) is 13.7 Å². The van der Waals surface area contributed by atoms with Gasteiger partial charge in [-0.3, -0.25) is 14.4 Å². The van der Waals surface area contributed by atoms with Crippen LogP contribution in [0.15, 0.2) is 47.9 Å². The summed E-state index contributed by atoms with van der Waals surface area (Å²) in [5.41, 5.74) is 7.37. The molecule has 300 valence electrons. The molecule has 2 aromatic heterocycles. The second-order valence-corrected chi connectivity index (χ2v) is 17.4. The average molecular weight is 787 g/mol. The number of nitrogens with one attached hydrogen (secondary N) is 2. The fourth-order valence-corrected chi connectivity index (χ4v) is 8.54. The molecule has 3 aliphatic rings.